The third-order valence-electron chi connectivity index (χ3n) is 5.64. The number of thiazole rings is 1. The molecule has 1 N–H and O–H groups in total. The van der Waals surface area contributed by atoms with E-state index in [1.54, 1.807) is 13.0 Å². The van der Waals surface area contributed by atoms with Gasteiger partial charge in [-0.15, -0.1) is 11.3 Å². The number of carbonyl (C=O) groups is 2. The number of nitrogens with zero attached hydrogens (tertiary/aromatic N) is 4. The molecule has 170 valence electrons. The zero-order chi connectivity index (χ0) is 23.2. The molecule has 8 nitrogen and oxygen atoms in total. The largest absolute Gasteiger partial charge is 0.469 e. The van der Waals surface area contributed by atoms with Crippen molar-refractivity contribution in [3.8, 4) is 6.07 Å². The van der Waals surface area contributed by atoms with E-state index in [1.807, 2.05) is 34.5 Å². The number of anilines is 1. The Kier molecular flexibility index (Phi) is 7.17. The number of hydrogen-bond donors (Lipinski definition) is 1. The number of nitriles is 1. The molecule has 0 spiro atoms. The van der Waals surface area contributed by atoms with Crippen molar-refractivity contribution in [3.05, 3.63) is 70.1 Å². The first kappa shape index (κ1) is 22.7. The van der Waals surface area contributed by atoms with Crippen LogP contribution in [-0.4, -0.2) is 52.8 Å². The molecule has 2 amide bonds. The van der Waals surface area contributed by atoms with Gasteiger partial charge in [0, 0.05) is 38.1 Å². The highest BCUT2D eigenvalue weighted by Crippen LogP contribution is 2.19. The number of aromatic nitrogens is 1. The minimum Gasteiger partial charge on any atom is -0.469 e. The monoisotopic (exact) mass is 463 g/mol. The van der Waals surface area contributed by atoms with Crippen LogP contribution in [0.2, 0.25) is 0 Å². The summed E-state index contributed by atoms with van der Waals surface area (Å²) < 4.78 is 5.17. The number of aryl methyl sites for hydroxylation is 1. The summed E-state index contributed by atoms with van der Waals surface area (Å²) >= 11 is 1.31. The number of nitrogens with one attached hydrogen (secondary N) is 1. The second-order valence-electron chi connectivity index (χ2n) is 7.98. The van der Waals surface area contributed by atoms with E-state index in [4.69, 9.17) is 9.68 Å². The first-order valence-corrected chi connectivity index (χ1v) is 11.7. The van der Waals surface area contributed by atoms with Crippen LogP contribution in [0.5, 0.6) is 0 Å². The first-order chi connectivity index (χ1) is 16.0. The van der Waals surface area contributed by atoms with E-state index in [0.29, 0.717) is 34.3 Å². The van der Waals surface area contributed by atoms with Crippen LogP contribution in [0.15, 0.2) is 46.4 Å². The van der Waals surface area contributed by atoms with Crippen molar-refractivity contribution in [2.24, 2.45) is 0 Å². The van der Waals surface area contributed by atoms with Gasteiger partial charge >= 0.3 is 0 Å². The van der Waals surface area contributed by atoms with Crippen LogP contribution in [-0.2, 0) is 17.8 Å². The zero-order valence-corrected chi connectivity index (χ0v) is 19.2. The standard InChI is InChI=1S/C24H25N5O3S/c1-17-21(7-12-32-17)23(31)27-24-26-20(16-33-24)13-22(30)29-9-2-8-28(10-11-29)15-19-5-3-18(14-25)4-6-19/h3-7,12,16H,2,8-11,13,15H2,1H3,(H,26,27,31). The van der Waals surface area contributed by atoms with Crippen molar-refractivity contribution < 1.29 is 14.0 Å². The van der Waals surface area contributed by atoms with Crippen LogP contribution >= 0.6 is 11.3 Å². The van der Waals surface area contributed by atoms with Crippen LogP contribution in [0.25, 0.3) is 0 Å². The Hall–Kier alpha value is -3.48. The summed E-state index contributed by atoms with van der Waals surface area (Å²) in [5.74, 6) is 0.321. The second kappa shape index (κ2) is 10.4. The lowest BCUT2D eigenvalue weighted by molar-refractivity contribution is -0.130. The molecule has 1 aromatic carbocycles. The van der Waals surface area contributed by atoms with Crippen molar-refractivity contribution in [1.82, 2.24) is 14.8 Å². The maximum atomic E-state index is 12.9. The van der Waals surface area contributed by atoms with Crippen molar-refractivity contribution in [2.45, 2.75) is 26.3 Å². The highest BCUT2D eigenvalue weighted by atomic mass is 32.1. The molecule has 1 fully saturated rings. The van der Waals surface area contributed by atoms with Gasteiger partial charge in [-0.2, -0.15) is 5.26 Å². The lowest BCUT2D eigenvalue weighted by Gasteiger charge is -2.22. The van der Waals surface area contributed by atoms with Gasteiger partial charge < -0.3 is 9.32 Å². The molecule has 0 aliphatic carbocycles. The Morgan fingerprint density at radius 2 is 2.00 bits per heavy atom. The smallest absolute Gasteiger partial charge is 0.260 e. The molecule has 3 aromatic rings. The fourth-order valence-electron chi connectivity index (χ4n) is 3.82. The first-order valence-electron chi connectivity index (χ1n) is 10.8. The lowest BCUT2D eigenvalue weighted by Crippen LogP contribution is -2.36. The van der Waals surface area contributed by atoms with Crippen LogP contribution in [0.1, 0.15) is 39.4 Å². The number of rotatable bonds is 6. The molecule has 0 radical (unpaired) electrons. The third kappa shape index (κ3) is 5.86. The molecule has 1 saturated heterocycles. The Bertz CT molecular complexity index is 1160. The number of benzene rings is 1. The Morgan fingerprint density at radius 3 is 2.73 bits per heavy atom. The van der Waals surface area contributed by atoms with Gasteiger partial charge in [0.2, 0.25) is 5.91 Å². The predicted octanol–water partition coefficient (Wildman–Crippen LogP) is 3.45. The molecule has 2 aromatic heterocycles. The average Bonchev–Trinajstić information content (AvgIpc) is 3.37. The Labute approximate surface area is 196 Å². The van der Waals surface area contributed by atoms with Gasteiger partial charge in [-0.05, 0) is 37.1 Å². The minimum absolute atomic E-state index is 0.0454. The molecular formula is C24H25N5O3S. The van der Waals surface area contributed by atoms with Crippen LogP contribution in [0.3, 0.4) is 0 Å². The number of carbonyl (C=O) groups excluding carboxylic acids is 2. The van der Waals surface area contributed by atoms with Gasteiger partial charge in [-0.3, -0.25) is 19.8 Å². The van der Waals surface area contributed by atoms with Gasteiger partial charge in [0.15, 0.2) is 5.13 Å². The minimum atomic E-state index is -0.275. The summed E-state index contributed by atoms with van der Waals surface area (Å²) in [6.45, 7) is 5.64. The van der Waals surface area contributed by atoms with E-state index in [0.717, 1.165) is 38.2 Å². The summed E-state index contributed by atoms with van der Waals surface area (Å²) in [7, 11) is 0. The van der Waals surface area contributed by atoms with Gasteiger partial charge in [0.1, 0.15) is 5.76 Å². The van der Waals surface area contributed by atoms with Crippen molar-refractivity contribution in [3.63, 3.8) is 0 Å². The van der Waals surface area contributed by atoms with E-state index in [1.165, 1.54) is 17.6 Å². The van der Waals surface area contributed by atoms with E-state index in [-0.39, 0.29) is 18.2 Å². The summed E-state index contributed by atoms with van der Waals surface area (Å²) in [4.78, 5) is 33.8. The third-order valence-corrected chi connectivity index (χ3v) is 6.44. The number of furan rings is 1. The Balaban J connectivity index is 1.28. The van der Waals surface area contributed by atoms with E-state index in [9.17, 15) is 9.59 Å². The normalized spacial score (nSPS) is 14.5. The van der Waals surface area contributed by atoms with Gasteiger partial charge in [0.05, 0.1) is 35.6 Å². The molecule has 9 heteroatoms. The molecule has 0 bridgehead atoms. The van der Waals surface area contributed by atoms with Crippen molar-refractivity contribution in [2.75, 3.05) is 31.5 Å². The predicted molar refractivity (Wildman–Crippen MR) is 125 cm³/mol. The summed E-state index contributed by atoms with van der Waals surface area (Å²) in [5, 5.41) is 14.0. The highest BCUT2D eigenvalue weighted by Gasteiger charge is 2.21. The van der Waals surface area contributed by atoms with Crippen LogP contribution in [0.4, 0.5) is 5.13 Å². The maximum absolute atomic E-state index is 12.9. The molecule has 1 aliphatic rings. The summed E-state index contributed by atoms with van der Waals surface area (Å²) in [5.41, 5.74) is 2.95. The van der Waals surface area contributed by atoms with E-state index in [2.05, 4.69) is 21.3 Å². The maximum Gasteiger partial charge on any atom is 0.260 e. The molecule has 0 unspecified atom stereocenters. The lowest BCUT2D eigenvalue weighted by atomic mass is 10.1. The zero-order valence-electron chi connectivity index (χ0n) is 18.4. The molecule has 4 rings (SSSR count). The number of amides is 2. The van der Waals surface area contributed by atoms with Crippen molar-refractivity contribution >= 4 is 28.3 Å². The summed E-state index contributed by atoms with van der Waals surface area (Å²) in [6, 6.07) is 11.4. The van der Waals surface area contributed by atoms with Gasteiger partial charge in [-0.25, -0.2) is 4.98 Å². The molecule has 3 heterocycles. The van der Waals surface area contributed by atoms with E-state index >= 15 is 0 Å². The van der Waals surface area contributed by atoms with Crippen LogP contribution < -0.4 is 5.32 Å². The number of hydrogen-bond acceptors (Lipinski definition) is 7. The molecule has 33 heavy (non-hydrogen) atoms. The van der Waals surface area contributed by atoms with E-state index < -0.39 is 0 Å². The molecule has 0 atom stereocenters. The van der Waals surface area contributed by atoms with Crippen molar-refractivity contribution in [1.29, 1.82) is 5.26 Å². The fourth-order valence-corrected chi connectivity index (χ4v) is 4.52. The topological polar surface area (TPSA) is 102 Å². The molecule has 1 aliphatic heterocycles. The molecule has 0 saturated carbocycles. The average molecular weight is 464 g/mol. The fraction of sp³-hybridized carbons (Fsp3) is 0.333. The summed E-state index contributed by atoms with van der Waals surface area (Å²) in [6.07, 6.45) is 2.60. The van der Waals surface area contributed by atoms with Crippen LogP contribution in [0, 0.1) is 18.3 Å². The quantitative estimate of drug-likeness (QED) is 0.601. The van der Waals surface area contributed by atoms with Gasteiger partial charge in [-0.1, -0.05) is 12.1 Å². The highest BCUT2D eigenvalue weighted by molar-refractivity contribution is 7.14. The second-order valence-corrected chi connectivity index (χ2v) is 8.84. The Morgan fingerprint density at radius 1 is 1.18 bits per heavy atom. The SMILES string of the molecule is Cc1occc1C(=O)Nc1nc(CC(=O)N2CCCN(Cc3ccc(C#N)cc3)CC2)cs1. The molecular weight excluding hydrogens is 438 g/mol. The van der Waals surface area contributed by atoms with Gasteiger partial charge in [0.25, 0.3) is 5.91 Å².